The quantitative estimate of drug-likeness (QED) is 0.856. The van der Waals surface area contributed by atoms with Crippen LogP contribution in [0.25, 0.3) is 0 Å². The zero-order valence-corrected chi connectivity index (χ0v) is 13.2. The minimum absolute atomic E-state index is 0.0590. The highest BCUT2D eigenvalue weighted by Crippen LogP contribution is 2.62. The third-order valence-corrected chi connectivity index (χ3v) is 6.96. The molecule has 3 heteroatoms. The Balaban J connectivity index is 1.60. The summed E-state index contributed by atoms with van der Waals surface area (Å²) in [6.45, 7) is 0. The summed E-state index contributed by atoms with van der Waals surface area (Å²) in [5.41, 5.74) is 7.93. The predicted molar refractivity (Wildman–Crippen MR) is 81.8 cm³/mol. The Hall–Kier alpha value is -0.410. The highest BCUT2D eigenvalue weighted by atomic mass is 79.9. The Morgan fingerprint density at radius 2 is 2.10 bits per heavy atom. The lowest BCUT2D eigenvalue weighted by molar-refractivity contribution is 0.156. The SMILES string of the molecule is NC1(Cc2ccc(F)cc2Br)CC2CC1C1CCCC21. The van der Waals surface area contributed by atoms with Crippen LogP contribution in [0.2, 0.25) is 0 Å². The van der Waals surface area contributed by atoms with Crippen LogP contribution in [0.3, 0.4) is 0 Å². The molecule has 3 aliphatic rings. The zero-order chi connectivity index (χ0) is 13.9. The van der Waals surface area contributed by atoms with Gasteiger partial charge in [-0.15, -0.1) is 0 Å². The molecule has 3 fully saturated rings. The molecule has 5 unspecified atom stereocenters. The fraction of sp³-hybridized carbons (Fsp3) is 0.647. The van der Waals surface area contributed by atoms with Crippen molar-refractivity contribution in [2.75, 3.05) is 0 Å². The van der Waals surface area contributed by atoms with E-state index in [1.807, 2.05) is 6.07 Å². The number of rotatable bonds is 2. The fourth-order valence-corrected chi connectivity index (χ4v) is 6.03. The van der Waals surface area contributed by atoms with Crippen molar-refractivity contribution >= 4 is 15.9 Å². The zero-order valence-electron chi connectivity index (χ0n) is 11.6. The lowest BCUT2D eigenvalue weighted by Gasteiger charge is -2.40. The summed E-state index contributed by atoms with van der Waals surface area (Å²) < 4.78 is 14.1. The van der Waals surface area contributed by atoms with E-state index in [9.17, 15) is 4.39 Å². The van der Waals surface area contributed by atoms with E-state index in [2.05, 4.69) is 15.9 Å². The van der Waals surface area contributed by atoms with Crippen molar-refractivity contribution in [2.45, 2.75) is 44.1 Å². The lowest BCUT2D eigenvalue weighted by atomic mass is 9.69. The van der Waals surface area contributed by atoms with Crippen molar-refractivity contribution in [1.82, 2.24) is 0 Å². The van der Waals surface area contributed by atoms with Crippen LogP contribution in [0.1, 0.15) is 37.7 Å². The Labute approximate surface area is 128 Å². The first-order chi connectivity index (χ1) is 9.57. The molecule has 0 heterocycles. The van der Waals surface area contributed by atoms with E-state index in [1.165, 1.54) is 32.1 Å². The van der Waals surface area contributed by atoms with Crippen molar-refractivity contribution in [3.05, 3.63) is 34.1 Å². The Morgan fingerprint density at radius 1 is 1.30 bits per heavy atom. The second-order valence-electron chi connectivity index (χ2n) is 7.21. The molecule has 0 aliphatic heterocycles. The number of hydrogen-bond donors (Lipinski definition) is 1. The van der Waals surface area contributed by atoms with Gasteiger partial charge in [0.25, 0.3) is 0 Å². The third-order valence-electron chi connectivity index (χ3n) is 6.22. The summed E-state index contributed by atoms with van der Waals surface area (Å²) in [4.78, 5) is 0. The summed E-state index contributed by atoms with van der Waals surface area (Å²) >= 11 is 3.49. The minimum atomic E-state index is -0.185. The normalized spacial score (nSPS) is 42.1. The molecule has 4 rings (SSSR count). The van der Waals surface area contributed by atoms with Crippen LogP contribution in [-0.4, -0.2) is 5.54 Å². The highest BCUT2D eigenvalue weighted by Gasteiger charge is 2.59. The van der Waals surface area contributed by atoms with Gasteiger partial charge in [0.15, 0.2) is 0 Å². The Bertz CT molecular complexity index is 546. The minimum Gasteiger partial charge on any atom is -0.325 e. The summed E-state index contributed by atoms with van der Waals surface area (Å²) in [7, 11) is 0. The summed E-state index contributed by atoms with van der Waals surface area (Å²) in [6, 6.07) is 5.01. The first kappa shape index (κ1) is 13.3. The van der Waals surface area contributed by atoms with Gasteiger partial charge in [-0.2, -0.15) is 0 Å². The molecule has 5 atom stereocenters. The van der Waals surface area contributed by atoms with E-state index in [0.29, 0.717) is 5.92 Å². The molecule has 1 aromatic carbocycles. The molecule has 1 aromatic rings. The van der Waals surface area contributed by atoms with Gasteiger partial charge in [0, 0.05) is 10.0 Å². The van der Waals surface area contributed by atoms with E-state index in [-0.39, 0.29) is 11.4 Å². The van der Waals surface area contributed by atoms with E-state index in [1.54, 1.807) is 12.1 Å². The van der Waals surface area contributed by atoms with Crippen LogP contribution < -0.4 is 5.73 Å². The van der Waals surface area contributed by atoms with Gasteiger partial charge in [-0.3, -0.25) is 0 Å². The van der Waals surface area contributed by atoms with E-state index < -0.39 is 0 Å². The maximum Gasteiger partial charge on any atom is 0.124 e. The van der Waals surface area contributed by atoms with Crippen LogP contribution in [0.15, 0.2) is 22.7 Å². The van der Waals surface area contributed by atoms with Crippen molar-refractivity contribution in [3.63, 3.8) is 0 Å². The number of hydrogen-bond acceptors (Lipinski definition) is 1. The lowest BCUT2D eigenvalue weighted by Crippen LogP contribution is -2.51. The van der Waals surface area contributed by atoms with Crippen molar-refractivity contribution in [2.24, 2.45) is 29.4 Å². The van der Waals surface area contributed by atoms with Crippen molar-refractivity contribution in [1.29, 1.82) is 0 Å². The standard InChI is InChI=1S/C17H21BrFN/c18-16-7-12(19)5-4-10(16)8-17(20)9-11-6-15(17)14-3-1-2-13(11)14/h4-5,7,11,13-15H,1-3,6,8-9,20H2. The number of fused-ring (bicyclic) bond motifs is 5. The van der Waals surface area contributed by atoms with Crippen molar-refractivity contribution < 1.29 is 4.39 Å². The molecule has 2 bridgehead atoms. The summed E-state index contributed by atoms with van der Waals surface area (Å²) in [5, 5.41) is 0. The molecule has 2 N–H and O–H groups in total. The molecule has 20 heavy (non-hydrogen) atoms. The van der Waals surface area contributed by atoms with Gasteiger partial charge in [0.1, 0.15) is 5.82 Å². The van der Waals surface area contributed by atoms with Crippen LogP contribution in [0.5, 0.6) is 0 Å². The molecule has 0 amide bonds. The molecular formula is C17H21BrFN. The highest BCUT2D eigenvalue weighted by molar-refractivity contribution is 9.10. The van der Waals surface area contributed by atoms with Gasteiger partial charge in [-0.25, -0.2) is 4.39 Å². The first-order valence-corrected chi connectivity index (χ1v) is 8.59. The van der Waals surface area contributed by atoms with Gasteiger partial charge in [0.05, 0.1) is 0 Å². The van der Waals surface area contributed by atoms with E-state index in [0.717, 1.165) is 34.2 Å². The average molecular weight is 338 g/mol. The van der Waals surface area contributed by atoms with Crippen LogP contribution >= 0.6 is 15.9 Å². The summed E-state index contributed by atoms with van der Waals surface area (Å²) in [5.74, 6) is 3.20. The maximum atomic E-state index is 13.2. The molecule has 3 aliphatic carbocycles. The molecule has 108 valence electrons. The smallest absolute Gasteiger partial charge is 0.124 e. The second kappa shape index (κ2) is 4.54. The largest absolute Gasteiger partial charge is 0.325 e. The Morgan fingerprint density at radius 3 is 2.90 bits per heavy atom. The first-order valence-electron chi connectivity index (χ1n) is 7.80. The van der Waals surface area contributed by atoms with Crippen LogP contribution in [0.4, 0.5) is 4.39 Å². The topological polar surface area (TPSA) is 26.0 Å². The van der Waals surface area contributed by atoms with Gasteiger partial charge in [0.2, 0.25) is 0 Å². The molecule has 0 radical (unpaired) electrons. The summed E-state index contributed by atoms with van der Waals surface area (Å²) in [6.07, 6.45) is 7.61. The van der Waals surface area contributed by atoms with E-state index in [4.69, 9.17) is 5.73 Å². The second-order valence-corrected chi connectivity index (χ2v) is 8.07. The van der Waals surface area contributed by atoms with Crippen LogP contribution in [-0.2, 0) is 6.42 Å². The fourth-order valence-electron chi connectivity index (χ4n) is 5.54. The number of benzene rings is 1. The Kier molecular flexibility index (Phi) is 3.01. The third kappa shape index (κ3) is 1.89. The van der Waals surface area contributed by atoms with Gasteiger partial charge >= 0.3 is 0 Å². The average Bonchev–Trinajstić information content (AvgIpc) is 3.03. The molecule has 0 aromatic heterocycles. The molecule has 0 saturated heterocycles. The molecular weight excluding hydrogens is 317 g/mol. The van der Waals surface area contributed by atoms with Gasteiger partial charge in [-0.05, 0) is 73.5 Å². The predicted octanol–water partition coefficient (Wildman–Crippen LogP) is 4.28. The number of halogens is 2. The molecule has 3 saturated carbocycles. The molecule has 1 nitrogen and oxygen atoms in total. The van der Waals surface area contributed by atoms with E-state index >= 15 is 0 Å². The number of nitrogens with two attached hydrogens (primary N) is 1. The molecule has 0 spiro atoms. The van der Waals surface area contributed by atoms with Gasteiger partial charge in [-0.1, -0.05) is 28.4 Å². The van der Waals surface area contributed by atoms with Gasteiger partial charge < -0.3 is 5.73 Å². The van der Waals surface area contributed by atoms with Crippen molar-refractivity contribution in [3.8, 4) is 0 Å². The maximum absolute atomic E-state index is 13.2. The monoisotopic (exact) mass is 337 g/mol. The van der Waals surface area contributed by atoms with Crippen LogP contribution in [0, 0.1) is 29.5 Å².